The van der Waals surface area contributed by atoms with Crippen molar-refractivity contribution < 1.29 is 13.5 Å². The van der Waals surface area contributed by atoms with E-state index in [4.69, 9.17) is 5.11 Å². The van der Waals surface area contributed by atoms with Gasteiger partial charge >= 0.3 is 0 Å². The molecule has 1 heterocycles. The Hall–Kier alpha value is -1.73. The zero-order valence-electron chi connectivity index (χ0n) is 15.1. The highest BCUT2D eigenvalue weighted by atomic mass is 32.2. The van der Waals surface area contributed by atoms with E-state index in [2.05, 4.69) is 0 Å². The predicted molar refractivity (Wildman–Crippen MR) is 103 cm³/mol. The van der Waals surface area contributed by atoms with Crippen LogP contribution >= 0.6 is 0 Å². The lowest BCUT2D eigenvalue weighted by atomic mass is 9.98. The van der Waals surface area contributed by atoms with Gasteiger partial charge in [0.2, 0.25) is 0 Å². The molecule has 140 valence electrons. The summed E-state index contributed by atoms with van der Waals surface area (Å²) in [6, 6.07) is 17.5. The van der Waals surface area contributed by atoms with Gasteiger partial charge in [-0.25, -0.2) is 0 Å². The molecule has 0 amide bonds. The fraction of sp³-hybridized carbons (Fsp3) is 0.400. The van der Waals surface area contributed by atoms with Crippen molar-refractivity contribution in [3.8, 4) is 0 Å². The highest BCUT2D eigenvalue weighted by Crippen LogP contribution is 2.25. The Kier molecular flexibility index (Phi) is 6.09. The van der Waals surface area contributed by atoms with Crippen LogP contribution in [0.2, 0.25) is 0 Å². The summed E-state index contributed by atoms with van der Waals surface area (Å²) >= 11 is 0. The van der Waals surface area contributed by atoms with Crippen LogP contribution in [0.4, 0.5) is 0 Å². The summed E-state index contributed by atoms with van der Waals surface area (Å²) in [5.74, 6) is 0.329. The molecule has 0 spiro atoms. The second kappa shape index (κ2) is 8.31. The van der Waals surface area contributed by atoms with Gasteiger partial charge in [-0.05, 0) is 35.4 Å². The molecule has 3 rings (SSSR count). The maximum Gasteiger partial charge on any atom is 0.282 e. The largest absolute Gasteiger partial charge is 0.392 e. The molecule has 1 fully saturated rings. The van der Waals surface area contributed by atoms with E-state index in [9.17, 15) is 8.42 Å². The van der Waals surface area contributed by atoms with Crippen molar-refractivity contribution in [2.75, 3.05) is 20.1 Å². The summed E-state index contributed by atoms with van der Waals surface area (Å²) in [5, 5.41) is 9.12. The first-order chi connectivity index (χ1) is 12.5. The predicted octanol–water partition coefficient (Wildman–Crippen LogP) is 2.42. The molecule has 6 heteroatoms. The Labute approximate surface area is 156 Å². The molecule has 0 saturated carbocycles. The molecule has 26 heavy (non-hydrogen) atoms. The third-order valence-electron chi connectivity index (χ3n) is 4.95. The van der Waals surface area contributed by atoms with Gasteiger partial charge in [0.15, 0.2) is 0 Å². The van der Waals surface area contributed by atoms with Crippen LogP contribution in [0.25, 0.3) is 0 Å². The maximum atomic E-state index is 12.8. The van der Waals surface area contributed by atoms with Crippen LogP contribution in [0.1, 0.15) is 23.1 Å². The van der Waals surface area contributed by atoms with E-state index in [0.29, 0.717) is 25.6 Å². The number of hydrogen-bond donors (Lipinski definition) is 1. The van der Waals surface area contributed by atoms with Gasteiger partial charge in [-0.3, -0.25) is 0 Å². The van der Waals surface area contributed by atoms with E-state index >= 15 is 0 Å². The van der Waals surface area contributed by atoms with Crippen LogP contribution < -0.4 is 0 Å². The molecule has 0 aromatic heterocycles. The molecule has 0 bridgehead atoms. The highest BCUT2D eigenvalue weighted by molar-refractivity contribution is 7.86. The van der Waals surface area contributed by atoms with E-state index in [1.165, 1.54) is 9.87 Å². The Morgan fingerprint density at radius 3 is 2.35 bits per heavy atom. The van der Waals surface area contributed by atoms with Gasteiger partial charge in [0.05, 0.1) is 6.61 Å². The van der Waals surface area contributed by atoms with E-state index in [1.54, 1.807) is 11.4 Å². The van der Waals surface area contributed by atoms with Gasteiger partial charge in [-0.15, -0.1) is 0 Å². The monoisotopic (exact) mass is 374 g/mol. The van der Waals surface area contributed by atoms with Gasteiger partial charge in [0.25, 0.3) is 10.2 Å². The molecule has 1 aliphatic heterocycles. The number of aliphatic hydroxyl groups is 1. The SMILES string of the molecule is CN(Cc1ccccc1)S(=O)(=O)N1CCC(Cc2ccc(CO)cc2)C1. The zero-order valence-corrected chi connectivity index (χ0v) is 15.9. The van der Waals surface area contributed by atoms with Crippen LogP contribution in [0.15, 0.2) is 54.6 Å². The third kappa shape index (κ3) is 4.51. The van der Waals surface area contributed by atoms with Gasteiger partial charge in [0, 0.05) is 26.7 Å². The molecule has 1 N–H and O–H groups in total. The number of rotatable bonds is 7. The van der Waals surface area contributed by atoms with E-state index < -0.39 is 10.2 Å². The van der Waals surface area contributed by atoms with Gasteiger partial charge < -0.3 is 5.11 Å². The topological polar surface area (TPSA) is 60.9 Å². The molecule has 0 aliphatic carbocycles. The fourth-order valence-electron chi connectivity index (χ4n) is 3.41. The second-order valence-corrected chi connectivity index (χ2v) is 8.98. The number of benzene rings is 2. The highest BCUT2D eigenvalue weighted by Gasteiger charge is 2.34. The van der Waals surface area contributed by atoms with Crippen molar-refractivity contribution in [2.24, 2.45) is 5.92 Å². The number of hydrogen-bond acceptors (Lipinski definition) is 3. The summed E-state index contributed by atoms with van der Waals surface area (Å²) in [4.78, 5) is 0. The van der Waals surface area contributed by atoms with Gasteiger partial charge in [0.1, 0.15) is 0 Å². The molecular weight excluding hydrogens is 348 g/mol. The summed E-state index contributed by atoms with van der Waals surface area (Å²) in [6.45, 7) is 1.56. The molecule has 1 saturated heterocycles. The van der Waals surface area contributed by atoms with E-state index in [-0.39, 0.29) is 6.61 Å². The Bertz CT molecular complexity index is 807. The van der Waals surface area contributed by atoms with Gasteiger partial charge in [-0.2, -0.15) is 17.0 Å². The van der Waals surface area contributed by atoms with Crippen LogP contribution in [0.5, 0.6) is 0 Å². The molecular formula is C20H26N2O3S. The lowest BCUT2D eigenvalue weighted by molar-refractivity contribution is 0.282. The van der Waals surface area contributed by atoms with Crippen molar-refractivity contribution in [3.63, 3.8) is 0 Å². The average Bonchev–Trinajstić information content (AvgIpc) is 3.12. The quantitative estimate of drug-likeness (QED) is 0.810. The summed E-state index contributed by atoms with van der Waals surface area (Å²) in [6.07, 6.45) is 1.74. The summed E-state index contributed by atoms with van der Waals surface area (Å²) in [5.41, 5.74) is 3.06. The second-order valence-electron chi connectivity index (χ2n) is 6.94. The Morgan fingerprint density at radius 1 is 1.04 bits per heavy atom. The van der Waals surface area contributed by atoms with E-state index in [1.807, 2.05) is 54.6 Å². The van der Waals surface area contributed by atoms with Crippen LogP contribution in [-0.4, -0.2) is 42.3 Å². The van der Waals surface area contributed by atoms with Crippen LogP contribution in [0.3, 0.4) is 0 Å². The minimum atomic E-state index is -3.44. The molecule has 1 aliphatic rings. The Balaban J connectivity index is 1.59. The number of nitrogens with zero attached hydrogens (tertiary/aromatic N) is 2. The van der Waals surface area contributed by atoms with E-state index in [0.717, 1.165) is 24.0 Å². The first-order valence-electron chi connectivity index (χ1n) is 8.93. The lowest BCUT2D eigenvalue weighted by Crippen LogP contribution is -2.40. The smallest absolute Gasteiger partial charge is 0.282 e. The molecule has 1 unspecified atom stereocenters. The minimum Gasteiger partial charge on any atom is -0.392 e. The molecule has 5 nitrogen and oxygen atoms in total. The average molecular weight is 375 g/mol. The summed E-state index contributed by atoms with van der Waals surface area (Å²) in [7, 11) is -1.80. The lowest BCUT2D eigenvalue weighted by Gasteiger charge is -2.24. The number of aliphatic hydroxyl groups excluding tert-OH is 1. The first-order valence-corrected chi connectivity index (χ1v) is 10.3. The normalized spacial score (nSPS) is 18.5. The van der Waals surface area contributed by atoms with Crippen molar-refractivity contribution in [2.45, 2.75) is 26.0 Å². The van der Waals surface area contributed by atoms with Crippen molar-refractivity contribution in [1.29, 1.82) is 0 Å². The first kappa shape index (κ1) is 19.0. The third-order valence-corrected chi connectivity index (χ3v) is 6.85. The molecule has 0 radical (unpaired) electrons. The van der Waals surface area contributed by atoms with Crippen molar-refractivity contribution in [1.82, 2.24) is 8.61 Å². The minimum absolute atomic E-state index is 0.0451. The van der Waals surface area contributed by atoms with Crippen molar-refractivity contribution in [3.05, 3.63) is 71.3 Å². The standard InChI is InChI=1S/C20H26N2O3S/c1-21(14-18-5-3-2-4-6-18)26(24,25)22-12-11-20(15-22)13-17-7-9-19(16-23)10-8-17/h2-10,20,23H,11-16H2,1H3. The maximum absolute atomic E-state index is 12.8. The van der Waals surface area contributed by atoms with Crippen molar-refractivity contribution >= 4 is 10.2 Å². The molecule has 1 atom stereocenters. The van der Waals surface area contributed by atoms with Crippen LogP contribution in [0, 0.1) is 5.92 Å². The zero-order chi connectivity index (χ0) is 18.6. The Morgan fingerprint density at radius 2 is 1.69 bits per heavy atom. The molecule has 2 aromatic carbocycles. The fourth-order valence-corrected chi connectivity index (χ4v) is 4.85. The molecule has 2 aromatic rings. The summed E-state index contributed by atoms with van der Waals surface area (Å²) < 4.78 is 28.7. The van der Waals surface area contributed by atoms with Gasteiger partial charge in [-0.1, -0.05) is 54.6 Å². The van der Waals surface area contributed by atoms with Crippen LogP contribution in [-0.2, 0) is 29.8 Å².